The van der Waals surface area contributed by atoms with Crippen LogP contribution in [0.15, 0.2) is 47.5 Å². The minimum Gasteiger partial charge on any atom is -0.479 e. The number of terminal acetylenes is 1. The minimum atomic E-state index is -1.88. The predicted molar refractivity (Wildman–Crippen MR) is 138 cm³/mol. The summed E-state index contributed by atoms with van der Waals surface area (Å²) in [5.41, 5.74) is 6.70. The van der Waals surface area contributed by atoms with E-state index < -0.39 is 43.2 Å². The first-order chi connectivity index (χ1) is 18.3. The van der Waals surface area contributed by atoms with Crippen LogP contribution >= 0.6 is 22.9 Å². The van der Waals surface area contributed by atoms with Crippen molar-refractivity contribution < 1.29 is 29.6 Å². The summed E-state index contributed by atoms with van der Waals surface area (Å²) >= 11 is 7.16. The summed E-state index contributed by atoms with van der Waals surface area (Å²) in [7, 11) is 0. The van der Waals surface area contributed by atoms with Crippen molar-refractivity contribution in [2.24, 2.45) is 0 Å². The number of aliphatic hydroxyl groups excluding tert-OH is 2. The van der Waals surface area contributed by atoms with Gasteiger partial charge in [0.15, 0.2) is 23.8 Å². The Morgan fingerprint density at radius 2 is 2.05 bits per heavy atom. The van der Waals surface area contributed by atoms with Crippen LogP contribution in [-0.2, 0) is 26.3 Å². The molecule has 0 saturated heterocycles. The van der Waals surface area contributed by atoms with Gasteiger partial charge in [0.1, 0.15) is 11.6 Å². The van der Waals surface area contributed by atoms with Crippen molar-refractivity contribution in [1.82, 2.24) is 24.5 Å². The maximum Gasteiger partial charge on any atom is 0.342 e. The van der Waals surface area contributed by atoms with Crippen LogP contribution in [-0.4, -0.2) is 71.2 Å². The van der Waals surface area contributed by atoms with E-state index in [-0.39, 0.29) is 34.4 Å². The molecule has 0 fully saturated rings. The number of nitrogens with zero attached hydrogens (tertiary/aromatic N) is 5. The lowest BCUT2D eigenvalue weighted by Gasteiger charge is -2.32. The van der Waals surface area contributed by atoms with Crippen molar-refractivity contribution in [2.75, 3.05) is 18.9 Å². The Morgan fingerprint density at radius 1 is 1.29 bits per heavy atom. The van der Waals surface area contributed by atoms with E-state index in [1.165, 1.54) is 27.7 Å². The number of nitrogens with two attached hydrogens (primary N) is 1. The number of hydrogen-bond donors (Lipinski definition) is 4. The van der Waals surface area contributed by atoms with Crippen LogP contribution in [0.1, 0.15) is 17.5 Å². The number of carboxylic acid groups (broad SMARTS) is 1. The topological polar surface area (TPSA) is 179 Å². The van der Waals surface area contributed by atoms with Gasteiger partial charge in [-0.3, -0.25) is 4.57 Å². The lowest BCUT2D eigenvalue weighted by atomic mass is 9.91. The number of imidazole rings is 1. The number of halogens is 1. The van der Waals surface area contributed by atoms with Crippen LogP contribution in [0.5, 0.6) is 0 Å². The Morgan fingerprint density at radius 3 is 2.68 bits per heavy atom. The molecule has 3 aromatic heterocycles. The number of carbonyl (C=O) groups is 1. The molecule has 38 heavy (non-hydrogen) atoms. The summed E-state index contributed by atoms with van der Waals surface area (Å²) in [5, 5.41) is 32.4. The van der Waals surface area contributed by atoms with Gasteiger partial charge in [-0.05, 0) is 17.2 Å². The molecule has 5 N–H and O–H groups in total. The summed E-state index contributed by atoms with van der Waals surface area (Å²) in [4.78, 5) is 28.9. The van der Waals surface area contributed by atoms with E-state index in [0.29, 0.717) is 5.56 Å². The molecule has 0 spiro atoms. The first kappa shape index (κ1) is 27.4. The Kier molecular flexibility index (Phi) is 8.52. The van der Waals surface area contributed by atoms with Gasteiger partial charge in [0.05, 0.1) is 30.7 Å². The molecule has 4 aromatic rings. The van der Waals surface area contributed by atoms with Crippen molar-refractivity contribution in [1.29, 1.82) is 0 Å². The van der Waals surface area contributed by atoms with E-state index >= 15 is 0 Å². The molecule has 0 saturated carbocycles. The Labute approximate surface area is 225 Å². The maximum absolute atomic E-state index is 12.6. The van der Waals surface area contributed by atoms with Gasteiger partial charge in [-0.25, -0.2) is 14.8 Å². The molecule has 0 bridgehead atoms. The van der Waals surface area contributed by atoms with Gasteiger partial charge in [-0.1, -0.05) is 36.3 Å². The number of aromatic nitrogens is 5. The number of benzene rings is 1. The molecule has 0 aliphatic carbocycles. The van der Waals surface area contributed by atoms with Gasteiger partial charge in [0.2, 0.25) is 10.9 Å². The molecule has 14 heteroatoms. The molecule has 198 valence electrons. The normalized spacial score (nSPS) is 15.4. The van der Waals surface area contributed by atoms with E-state index in [4.69, 9.17) is 33.2 Å². The summed E-state index contributed by atoms with van der Waals surface area (Å²) in [5.74, 6) is 0.905. The zero-order chi connectivity index (χ0) is 27.3. The molecule has 0 aliphatic heterocycles. The first-order valence-electron chi connectivity index (χ1n) is 11.1. The van der Waals surface area contributed by atoms with E-state index in [1.54, 1.807) is 29.6 Å². The fourth-order valence-electron chi connectivity index (χ4n) is 3.80. The van der Waals surface area contributed by atoms with Crippen LogP contribution in [0, 0.1) is 12.3 Å². The minimum absolute atomic E-state index is 0.00477. The Balaban J connectivity index is 1.63. The van der Waals surface area contributed by atoms with Crippen LogP contribution in [0.3, 0.4) is 0 Å². The second-order valence-corrected chi connectivity index (χ2v) is 9.18. The molecule has 3 heterocycles. The lowest BCUT2D eigenvalue weighted by Crippen LogP contribution is -2.44. The van der Waals surface area contributed by atoms with Gasteiger partial charge < -0.3 is 30.5 Å². The second kappa shape index (κ2) is 11.8. The van der Waals surface area contributed by atoms with Gasteiger partial charge in [-0.2, -0.15) is 9.97 Å². The monoisotopic (exact) mass is 558 g/mol. The highest BCUT2D eigenvalue weighted by Crippen LogP contribution is 2.32. The standard InChI is InChI=1S/C24H23ClN6O6S/c1-2-16(33)21(31-12-27-18-19(26)29-23(25)30-20(18)31)37-15(9-32)10-36-24(22(34)35,17-11-38-13-28-17)8-14-6-4-3-5-7-14/h1,3-7,11-13,15-16,21,32-33H,8-10H2,(H,34,35)(H2,26,29,30)/t15-,16+,21+,24+/m0/s1. The predicted octanol–water partition coefficient (Wildman–Crippen LogP) is 1.63. The van der Waals surface area contributed by atoms with Gasteiger partial charge in [0.25, 0.3) is 0 Å². The third kappa shape index (κ3) is 5.60. The van der Waals surface area contributed by atoms with Crippen LogP contribution in [0.2, 0.25) is 5.28 Å². The molecular weight excluding hydrogens is 536 g/mol. The van der Waals surface area contributed by atoms with E-state index in [0.717, 1.165) is 0 Å². The average Bonchev–Trinajstić information content (AvgIpc) is 3.59. The summed E-state index contributed by atoms with van der Waals surface area (Å²) in [6.45, 7) is -0.998. The third-order valence-corrected chi connectivity index (χ3v) is 6.43. The smallest absolute Gasteiger partial charge is 0.342 e. The summed E-state index contributed by atoms with van der Waals surface area (Å²) in [6, 6.07) is 8.93. The van der Waals surface area contributed by atoms with Gasteiger partial charge in [-0.15, -0.1) is 17.8 Å². The number of thiazole rings is 1. The second-order valence-electron chi connectivity index (χ2n) is 8.12. The number of anilines is 1. The fourth-order valence-corrected chi connectivity index (χ4v) is 4.58. The van der Waals surface area contributed by atoms with E-state index in [9.17, 15) is 20.1 Å². The number of aliphatic carboxylic acids is 1. The van der Waals surface area contributed by atoms with Crippen LogP contribution < -0.4 is 5.73 Å². The molecule has 0 unspecified atom stereocenters. The van der Waals surface area contributed by atoms with E-state index in [2.05, 4.69) is 25.9 Å². The molecule has 4 atom stereocenters. The fraction of sp³-hybridized carbons (Fsp3) is 0.292. The molecule has 0 radical (unpaired) electrons. The van der Waals surface area contributed by atoms with Crippen molar-refractivity contribution >= 4 is 45.9 Å². The largest absolute Gasteiger partial charge is 0.479 e. The van der Waals surface area contributed by atoms with Crippen molar-refractivity contribution in [3.63, 3.8) is 0 Å². The van der Waals surface area contributed by atoms with Gasteiger partial charge in [0, 0.05) is 11.8 Å². The Bertz CT molecular complexity index is 1430. The highest BCUT2D eigenvalue weighted by Gasteiger charge is 2.44. The van der Waals surface area contributed by atoms with Gasteiger partial charge >= 0.3 is 5.97 Å². The average molecular weight is 559 g/mol. The molecular formula is C24H23ClN6O6S. The number of ether oxygens (including phenoxy) is 2. The first-order valence-corrected chi connectivity index (χ1v) is 12.5. The number of nitrogen functional groups attached to an aromatic ring is 1. The van der Waals surface area contributed by atoms with Crippen molar-refractivity contribution in [2.45, 2.75) is 30.5 Å². The number of fused-ring (bicyclic) bond motifs is 1. The third-order valence-electron chi connectivity index (χ3n) is 5.67. The lowest BCUT2D eigenvalue weighted by molar-refractivity contribution is -0.185. The summed E-state index contributed by atoms with van der Waals surface area (Å²) < 4.78 is 13.2. The highest BCUT2D eigenvalue weighted by molar-refractivity contribution is 7.07. The molecule has 4 rings (SSSR count). The molecule has 1 aromatic carbocycles. The zero-order valence-electron chi connectivity index (χ0n) is 19.7. The van der Waals surface area contributed by atoms with Crippen molar-refractivity contribution in [3.05, 3.63) is 64.1 Å². The molecule has 12 nitrogen and oxygen atoms in total. The van der Waals surface area contributed by atoms with E-state index in [1.807, 2.05) is 6.07 Å². The molecule has 0 aliphatic rings. The zero-order valence-corrected chi connectivity index (χ0v) is 21.3. The quantitative estimate of drug-likeness (QED) is 0.147. The highest BCUT2D eigenvalue weighted by atomic mass is 35.5. The number of aliphatic hydroxyl groups is 2. The summed E-state index contributed by atoms with van der Waals surface area (Å²) in [6.07, 6.45) is 2.72. The maximum atomic E-state index is 12.6. The van der Waals surface area contributed by atoms with Crippen molar-refractivity contribution in [3.8, 4) is 12.3 Å². The number of rotatable bonds is 12. The SMILES string of the molecule is C#C[C@@H](O)[C@@H](O[C@@H](CO)CO[C@@](Cc1ccccc1)(C(=O)O)c1cscn1)n1cnc2c(N)nc(Cl)nc21. The molecule has 0 amide bonds. The van der Waals surface area contributed by atoms with Crippen LogP contribution in [0.25, 0.3) is 11.2 Å². The Hall–Kier alpha value is -3.64. The number of hydrogen-bond acceptors (Lipinski definition) is 11. The van der Waals surface area contributed by atoms with Crippen LogP contribution in [0.4, 0.5) is 5.82 Å². The number of carboxylic acids is 1.